The van der Waals surface area contributed by atoms with Gasteiger partial charge < -0.3 is 9.84 Å². The van der Waals surface area contributed by atoms with E-state index in [9.17, 15) is 4.39 Å². The van der Waals surface area contributed by atoms with Gasteiger partial charge in [-0.3, -0.25) is 0 Å². The lowest BCUT2D eigenvalue weighted by Crippen LogP contribution is -1.96. The molecule has 3 aromatic rings. The number of benzene rings is 1. The quantitative estimate of drug-likeness (QED) is 0.778. The van der Waals surface area contributed by atoms with Crippen molar-refractivity contribution in [1.82, 2.24) is 15.1 Å². The first-order valence-corrected chi connectivity index (χ1v) is 5.82. The molecule has 2 aromatic heterocycles. The number of nitrogens with one attached hydrogen (secondary N) is 1. The van der Waals surface area contributed by atoms with E-state index in [1.54, 1.807) is 13.0 Å². The molecular weight excluding hydrogens is 271 g/mol. The van der Waals surface area contributed by atoms with Crippen molar-refractivity contribution in [2.45, 2.75) is 6.92 Å². The Bertz CT molecular complexity index is 759. The SMILES string of the molecule is Cc1noc2ncnc(Nc3ccc(F)c(Cl)c3)c12. The highest BCUT2D eigenvalue weighted by Crippen LogP contribution is 2.27. The van der Waals surface area contributed by atoms with Gasteiger partial charge in [0.2, 0.25) is 0 Å². The molecule has 0 aliphatic rings. The van der Waals surface area contributed by atoms with Gasteiger partial charge in [0.1, 0.15) is 23.3 Å². The highest BCUT2D eigenvalue weighted by Gasteiger charge is 2.12. The third-order valence-electron chi connectivity index (χ3n) is 2.63. The molecule has 0 amide bonds. The number of nitrogens with zero attached hydrogens (tertiary/aromatic N) is 3. The van der Waals surface area contributed by atoms with Crippen LogP contribution in [-0.2, 0) is 0 Å². The molecule has 5 nitrogen and oxygen atoms in total. The Labute approximate surface area is 112 Å². The fourth-order valence-electron chi connectivity index (χ4n) is 1.73. The molecule has 0 atom stereocenters. The number of rotatable bonds is 2. The van der Waals surface area contributed by atoms with Gasteiger partial charge >= 0.3 is 0 Å². The summed E-state index contributed by atoms with van der Waals surface area (Å²) in [5.41, 5.74) is 1.68. The second-order valence-electron chi connectivity index (χ2n) is 3.92. The van der Waals surface area contributed by atoms with E-state index in [1.165, 1.54) is 18.5 Å². The van der Waals surface area contributed by atoms with Gasteiger partial charge in [-0.2, -0.15) is 4.98 Å². The average Bonchev–Trinajstić information content (AvgIpc) is 2.77. The van der Waals surface area contributed by atoms with Crippen LogP contribution < -0.4 is 5.32 Å². The summed E-state index contributed by atoms with van der Waals surface area (Å²) in [4.78, 5) is 8.10. The van der Waals surface area contributed by atoms with Gasteiger partial charge in [0.15, 0.2) is 0 Å². The fraction of sp³-hybridized carbons (Fsp3) is 0.0833. The molecule has 0 radical (unpaired) electrons. The Morgan fingerprint density at radius 2 is 2.16 bits per heavy atom. The van der Waals surface area contributed by atoms with Gasteiger partial charge in [-0.15, -0.1) is 0 Å². The van der Waals surface area contributed by atoms with Crippen molar-refractivity contribution in [2.24, 2.45) is 0 Å². The van der Waals surface area contributed by atoms with Gasteiger partial charge in [-0.1, -0.05) is 16.8 Å². The van der Waals surface area contributed by atoms with E-state index in [-0.39, 0.29) is 5.02 Å². The van der Waals surface area contributed by atoms with Gasteiger partial charge in [0, 0.05) is 5.69 Å². The largest absolute Gasteiger partial charge is 0.339 e. The molecule has 0 saturated carbocycles. The monoisotopic (exact) mass is 278 g/mol. The Morgan fingerprint density at radius 1 is 1.32 bits per heavy atom. The molecule has 0 fully saturated rings. The summed E-state index contributed by atoms with van der Waals surface area (Å²) < 4.78 is 18.1. The zero-order chi connectivity index (χ0) is 13.4. The summed E-state index contributed by atoms with van der Waals surface area (Å²) in [5, 5.41) is 7.59. The van der Waals surface area contributed by atoms with Gasteiger partial charge in [-0.05, 0) is 25.1 Å². The van der Waals surface area contributed by atoms with Crippen molar-refractivity contribution in [3.05, 3.63) is 41.1 Å². The predicted molar refractivity (Wildman–Crippen MR) is 69.0 cm³/mol. The van der Waals surface area contributed by atoms with E-state index in [4.69, 9.17) is 16.1 Å². The van der Waals surface area contributed by atoms with Gasteiger partial charge in [0.05, 0.1) is 10.7 Å². The Morgan fingerprint density at radius 3 is 2.95 bits per heavy atom. The lowest BCUT2D eigenvalue weighted by molar-refractivity contribution is 0.442. The van der Waals surface area contributed by atoms with Crippen LogP contribution in [0.5, 0.6) is 0 Å². The van der Waals surface area contributed by atoms with Crippen molar-refractivity contribution in [1.29, 1.82) is 0 Å². The Hall–Kier alpha value is -2.21. The highest BCUT2D eigenvalue weighted by atomic mass is 35.5. The van der Waals surface area contributed by atoms with Crippen LogP contribution in [0.1, 0.15) is 5.69 Å². The summed E-state index contributed by atoms with van der Waals surface area (Å²) in [6.45, 7) is 1.79. The third kappa shape index (κ3) is 2.10. The van der Waals surface area contributed by atoms with E-state index in [2.05, 4.69) is 20.4 Å². The summed E-state index contributed by atoms with van der Waals surface area (Å²) in [6, 6.07) is 4.33. The first kappa shape index (κ1) is 11.9. The Kier molecular flexibility index (Phi) is 2.79. The summed E-state index contributed by atoms with van der Waals surface area (Å²) in [6.07, 6.45) is 1.36. The molecule has 7 heteroatoms. The molecule has 0 aliphatic heterocycles. The molecule has 19 heavy (non-hydrogen) atoms. The van der Waals surface area contributed by atoms with Crippen molar-refractivity contribution >= 4 is 34.2 Å². The van der Waals surface area contributed by atoms with Crippen molar-refractivity contribution in [3.8, 4) is 0 Å². The van der Waals surface area contributed by atoms with Crippen LogP contribution in [0.3, 0.4) is 0 Å². The molecule has 96 valence electrons. The minimum absolute atomic E-state index is 0.0392. The standard InChI is InChI=1S/C12H8ClFN4O/c1-6-10-11(15-5-16-12(10)19-18-6)17-7-2-3-9(14)8(13)4-7/h2-5H,1H3,(H,15,16,17). The highest BCUT2D eigenvalue weighted by molar-refractivity contribution is 6.31. The molecule has 0 aliphatic carbocycles. The first-order chi connectivity index (χ1) is 9.15. The molecule has 3 rings (SSSR count). The number of anilines is 2. The maximum absolute atomic E-state index is 13.1. The maximum Gasteiger partial charge on any atom is 0.263 e. The summed E-state index contributed by atoms with van der Waals surface area (Å²) in [7, 11) is 0. The first-order valence-electron chi connectivity index (χ1n) is 5.44. The van der Waals surface area contributed by atoms with E-state index in [0.29, 0.717) is 28.3 Å². The zero-order valence-corrected chi connectivity index (χ0v) is 10.6. The summed E-state index contributed by atoms with van der Waals surface area (Å²) in [5.74, 6) is 0.0626. The second-order valence-corrected chi connectivity index (χ2v) is 4.33. The van der Waals surface area contributed by atoms with Crippen molar-refractivity contribution in [2.75, 3.05) is 5.32 Å². The zero-order valence-electron chi connectivity index (χ0n) is 9.82. The topological polar surface area (TPSA) is 63.8 Å². The number of fused-ring (bicyclic) bond motifs is 1. The third-order valence-corrected chi connectivity index (χ3v) is 2.92. The average molecular weight is 279 g/mol. The molecule has 0 bridgehead atoms. The number of halogens is 2. The van der Waals surface area contributed by atoms with Crippen LogP contribution in [0.4, 0.5) is 15.9 Å². The molecule has 0 unspecified atom stereocenters. The molecule has 1 N–H and O–H groups in total. The van der Waals surface area contributed by atoms with E-state index in [0.717, 1.165) is 0 Å². The second kappa shape index (κ2) is 4.47. The summed E-state index contributed by atoms with van der Waals surface area (Å²) >= 11 is 5.73. The fourth-order valence-corrected chi connectivity index (χ4v) is 1.91. The van der Waals surface area contributed by atoms with Crippen LogP contribution in [-0.4, -0.2) is 15.1 Å². The lowest BCUT2D eigenvalue weighted by Gasteiger charge is -2.06. The van der Waals surface area contributed by atoms with Gasteiger partial charge in [-0.25, -0.2) is 9.37 Å². The van der Waals surface area contributed by atoms with Crippen molar-refractivity contribution in [3.63, 3.8) is 0 Å². The Balaban J connectivity index is 2.05. The van der Waals surface area contributed by atoms with Crippen LogP contribution >= 0.6 is 11.6 Å². The molecule has 0 spiro atoms. The van der Waals surface area contributed by atoms with Crippen LogP contribution in [0.2, 0.25) is 5.02 Å². The van der Waals surface area contributed by atoms with E-state index in [1.807, 2.05) is 0 Å². The maximum atomic E-state index is 13.1. The van der Waals surface area contributed by atoms with Gasteiger partial charge in [0.25, 0.3) is 5.71 Å². The molecule has 2 heterocycles. The van der Waals surface area contributed by atoms with Crippen LogP contribution in [0.25, 0.3) is 11.1 Å². The molecular formula is C12H8ClFN4O. The van der Waals surface area contributed by atoms with Crippen molar-refractivity contribution < 1.29 is 8.91 Å². The van der Waals surface area contributed by atoms with Crippen LogP contribution in [0.15, 0.2) is 29.0 Å². The molecule has 0 saturated heterocycles. The lowest BCUT2D eigenvalue weighted by atomic mass is 10.2. The van der Waals surface area contributed by atoms with E-state index >= 15 is 0 Å². The number of hydrogen-bond donors (Lipinski definition) is 1. The number of aromatic nitrogens is 3. The molecule has 1 aromatic carbocycles. The smallest absolute Gasteiger partial charge is 0.263 e. The number of hydrogen-bond acceptors (Lipinski definition) is 5. The van der Waals surface area contributed by atoms with E-state index < -0.39 is 5.82 Å². The minimum atomic E-state index is -0.471. The normalized spacial score (nSPS) is 10.9. The van der Waals surface area contributed by atoms with Crippen LogP contribution in [0, 0.1) is 12.7 Å². The number of aryl methyl sites for hydroxylation is 1. The predicted octanol–water partition coefficient (Wildman–Crippen LogP) is 3.46. The minimum Gasteiger partial charge on any atom is -0.339 e.